The number of nitrogens with zero attached hydrogens (tertiary/aromatic N) is 1. The predicted octanol–water partition coefficient (Wildman–Crippen LogP) is 1.32. The Morgan fingerprint density at radius 1 is 1.60 bits per heavy atom. The van der Waals surface area contributed by atoms with Crippen LogP contribution in [-0.2, 0) is 9.59 Å². The van der Waals surface area contributed by atoms with Crippen molar-refractivity contribution in [3.05, 3.63) is 23.6 Å². The van der Waals surface area contributed by atoms with E-state index in [4.69, 9.17) is 16.3 Å². The van der Waals surface area contributed by atoms with Gasteiger partial charge < -0.3 is 9.72 Å². The number of halogens is 1. The van der Waals surface area contributed by atoms with Gasteiger partial charge in [-0.15, -0.1) is 0 Å². The summed E-state index contributed by atoms with van der Waals surface area (Å²) < 4.78 is 4.75. The highest BCUT2D eigenvalue weighted by Gasteiger charge is 2.10. The smallest absolute Gasteiger partial charge is 0.376 e. The molecule has 5 nitrogen and oxygen atoms in total. The van der Waals surface area contributed by atoms with Gasteiger partial charge in [0.1, 0.15) is 0 Å². The third-order valence-electron chi connectivity index (χ3n) is 1.82. The Labute approximate surface area is 89.0 Å². The maximum atomic E-state index is 10.8. The van der Waals surface area contributed by atoms with Crippen molar-refractivity contribution in [3.8, 4) is 5.75 Å². The molecule has 15 heavy (non-hydrogen) atoms. The van der Waals surface area contributed by atoms with Crippen molar-refractivity contribution < 1.29 is 14.3 Å². The number of aromatic nitrogens is 2. The van der Waals surface area contributed by atoms with Gasteiger partial charge in [0, 0.05) is 17.8 Å². The lowest BCUT2D eigenvalue weighted by molar-refractivity contribution is -0.141. The van der Waals surface area contributed by atoms with Gasteiger partial charge in [0.15, 0.2) is 10.9 Å². The van der Waals surface area contributed by atoms with E-state index in [0.717, 1.165) is 0 Å². The topological polar surface area (TPSA) is 72.1 Å². The van der Waals surface area contributed by atoms with Crippen molar-refractivity contribution in [1.29, 1.82) is 0 Å². The molecule has 0 atom stereocenters. The quantitative estimate of drug-likeness (QED) is 0.361. The molecule has 0 saturated heterocycles. The number of esters is 1. The molecule has 2 heterocycles. The number of ether oxygens (including phenoxy) is 1. The SMILES string of the molecule is O=CC(=O)Oc1c[nH]c2c(Cl)nccc12. The van der Waals surface area contributed by atoms with Crippen LogP contribution in [0.15, 0.2) is 18.5 Å². The van der Waals surface area contributed by atoms with Crippen LogP contribution >= 0.6 is 11.6 Å². The van der Waals surface area contributed by atoms with Gasteiger partial charge in [0.2, 0.25) is 6.29 Å². The number of carbonyl (C=O) groups is 2. The highest BCUT2D eigenvalue weighted by Crippen LogP contribution is 2.28. The van der Waals surface area contributed by atoms with E-state index in [0.29, 0.717) is 10.9 Å². The molecule has 0 bridgehead atoms. The van der Waals surface area contributed by atoms with Crippen molar-refractivity contribution in [2.45, 2.75) is 0 Å². The normalized spacial score (nSPS) is 10.2. The average molecular weight is 225 g/mol. The second-order valence-electron chi connectivity index (χ2n) is 2.72. The van der Waals surface area contributed by atoms with Crippen LogP contribution < -0.4 is 4.74 Å². The molecule has 2 aromatic heterocycles. The van der Waals surface area contributed by atoms with Crippen molar-refractivity contribution >= 4 is 34.8 Å². The molecule has 2 aromatic rings. The van der Waals surface area contributed by atoms with E-state index in [1.165, 1.54) is 12.4 Å². The number of H-pyrrole nitrogens is 1. The standard InChI is InChI=1S/C9H5ClN2O3/c10-9-8-5(1-2-11-9)6(3-12-8)15-7(14)4-13/h1-4,12H. The fourth-order valence-corrected chi connectivity index (χ4v) is 1.42. The summed E-state index contributed by atoms with van der Waals surface area (Å²) in [5.41, 5.74) is 0.563. The molecule has 0 unspecified atom stereocenters. The summed E-state index contributed by atoms with van der Waals surface area (Å²) >= 11 is 5.79. The number of carbonyl (C=O) groups excluding carboxylic acids is 2. The van der Waals surface area contributed by atoms with Crippen LogP contribution in [0.25, 0.3) is 10.9 Å². The molecule has 0 radical (unpaired) electrons. The van der Waals surface area contributed by atoms with Crippen molar-refractivity contribution in [2.24, 2.45) is 0 Å². The lowest BCUT2D eigenvalue weighted by atomic mass is 10.3. The molecule has 0 fully saturated rings. The van der Waals surface area contributed by atoms with Crippen LogP contribution in [-0.4, -0.2) is 22.2 Å². The molecule has 0 aromatic carbocycles. The fourth-order valence-electron chi connectivity index (χ4n) is 1.21. The van der Waals surface area contributed by atoms with Gasteiger partial charge in [-0.05, 0) is 6.07 Å². The van der Waals surface area contributed by atoms with Gasteiger partial charge in [0.25, 0.3) is 0 Å². The van der Waals surface area contributed by atoms with E-state index in [1.54, 1.807) is 6.07 Å². The van der Waals surface area contributed by atoms with Gasteiger partial charge in [0.05, 0.1) is 5.52 Å². The Balaban J connectivity index is 2.49. The number of hydrogen-bond donors (Lipinski definition) is 1. The van der Waals surface area contributed by atoms with E-state index >= 15 is 0 Å². The lowest BCUT2D eigenvalue weighted by Crippen LogP contribution is -2.07. The highest BCUT2D eigenvalue weighted by atomic mass is 35.5. The first-order valence-corrected chi connectivity index (χ1v) is 4.38. The largest absolute Gasteiger partial charge is 0.419 e. The molecule has 76 valence electrons. The summed E-state index contributed by atoms with van der Waals surface area (Å²) in [6, 6.07) is 1.63. The minimum absolute atomic E-state index is 0.0988. The summed E-state index contributed by atoms with van der Waals surface area (Å²) in [6.45, 7) is 0. The van der Waals surface area contributed by atoms with E-state index < -0.39 is 5.97 Å². The first-order valence-electron chi connectivity index (χ1n) is 4.01. The van der Waals surface area contributed by atoms with Crippen molar-refractivity contribution in [1.82, 2.24) is 9.97 Å². The minimum Gasteiger partial charge on any atom is -0.419 e. The monoisotopic (exact) mass is 224 g/mol. The zero-order valence-electron chi connectivity index (χ0n) is 7.36. The van der Waals surface area contributed by atoms with Crippen LogP contribution in [0, 0.1) is 0 Å². The summed E-state index contributed by atoms with van der Waals surface area (Å²) in [5, 5.41) is 0.881. The Hall–Kier alpha value is -1.88. The number of pyridine rings is 1. The third-order valence-corrected chi connectivity index (χ3v) is 2.11. The maximum absolute atomic E-state index is 10.8. The summed E-state index contributed by atoms with van der Waals surface area (Å²) in [5.74, 6) is -0.699. The molecule has 0 saturated carbocycles. The zero-order valence-corrected chi connectivity index (χ0v) is 8.12. The number of aromatic amines is 1. The number of rotatable bonds is 2. The first-order chi connectivity index (χ1) is 7.22. The number of fused-ring (bicyclic) bond motifs is 1. The molecule has 0 spiro atoms. The van der Waals surface area contributed by atoms with Gasteiger partial charge in [-0.3, -0.25) is 4.79 Å². The average Bonchev–Trinajstić information content (AvgIpc) is 2.63. The Kier molecular flexibility index (Phi) is 2.39. The Bertz CT molecular complexity index is 535. The van der Waals surface area contributed by atoms with Crippen molar-refractivity contribution in [3.63, 3.8) is 0 Å². The van der Waals surface area contributed by atoms with Crippen LogP contribution in [0.5, 0.6) is 5.75 Å². The van der Waals surface area contributed by atoms with E-state index in [2.05, 4.69) is 9.97 Å². The zero-order chi connectivity index (χ0) is 10.8. The number of nitrogens with one attached hydrogen (secondary N) is 1. The summed E-state index contributed by atoms with van der Waals surface area (Å²) in [7, 11) is 0. The molecule has 0 amide bonds. The molecular weight excluding hydrogens is 220 g/mol. The molecule has 6 heteroatoms. The molecular formula is C9H5ClN2O3. The van der Waals surface area contributed by atoms with Gasteiger partial charge >= 0.3 is 5.97 Å². The highest BCUT2D eigenvalue weighted by molar-refractivity contribution is 6.34. The lowest BCUT2D eigenvalue weighted by Gasteiger charge is -1.97. The molecule has 2 rings (SSSR count). The fraction of sp³-hybridized carbons (Fsp3) is 0. The molecule has 1 N–H and O–H groups in total. The maximum Gasteiger partial charge on any atom is 0.376 e. The minimum atomic E-state index is -0.955. The second kappa shape index (κ2) is 3.70. The van der Waals surface area contributed by atoms with Crippen molar-refractivity contribution in [2.75, 3.05) is 0 Å². The van der Waals surface area contributed by atoms with Crippen LogP contribution in [0.1, 0.15) is 0 Å². The van der Waals surface area contributed by atoms with Crippen LogP contribution in [0.2, 0.25) is 5.15 Å². The molecule has 0 aliphatic rings. The Morgan fingerprint density at radius 2 is 2.40 bits per heavy atom. The summed E-state index contributed by atoms with van der Waals surface area (Å²) in [6.07, 6.45) is 3.03. The third kappa shape index (κ3) is 1.69. The van der Waals surface area contributed by atoms with Crippen LogP contribution in [0.3, 0.4) is 0 Å². The van der Waals surface area contributed by atoms with Gasteiger partial charge in [-0.2, -0.15) is 0 Å². The number of aldehydes is 1. The van der Waals surface area contributed by atoms with E-state index in [1.807, 2.05) is 0 Å². The molecule has 0 aliphatic carbocycles. The predicted molar refractivity (Wildman–Crippen MR) is 52.8 cm³/mol. The second-order valence-corrected chi connectivity index (χ2v) is 3.07. The van der Waals surface area contributed by atoms with Crippen LogP contribution in [0.4, 0.5) is 0 Å². The first kappa shape index (κ1) is 9.67. The molecule has 0 aliphatic heterocycles. The number of hydrogen-bond acceptors (Lipinski definition) is 4. The Morgan fingerprint density at radius 3 is 3.13 bits per heavy atom. The summed E-state index contributed by atoms with van der Waals surface area (Å²) in [4.78, 5) is 27.5. The van der Waals surface area contributed by atoms with E-state index in [-0.39, 0.29) is 17.2 Å². The van der Waals surface area contributed by atoms with Gasteiger partial charge in [-0.25, -0.2) is 9.78 Å². The van der Waals surface area contributed by atoms with Gasteiger partial charge in [-0.1, -0.05) is 11.6 Å². The van der Waals surface area contributed by atoms with E-state index in [9.17, 15) is 9.59 Å².